The number of nitrogens with one attached hydrogen (secondary N) is 2. The van der Waals surface area contributed by atoms with E-state index >= 15 is 0 Å². The maximum Gasteiger partial charge on any atom is 0.224 e. The molecule has 1 aromatic rings. The Morgan fingerprint density at radius 3 is 2.84 bits per heavy atom. The number of aliphatic hydroxyl groups is 1. The van der Waals surface area contributed by atoms with Crippen LogP contribution >= 0.6 is 0 Å². The van der Waals surface area contributed by atoms with Crippen LogP contribution in [0.15, 0.2) is 18.2 Å². The summed E-state index contributed by atoms with van der Waals surface area (Å²) in [6.07, 6.45) is 4.81. The van der Waals surface area contributed by atoms with Crippen molar-refractivity contribution in [3.8, 4) is 0 Å². The van der Waals surface area contributed by atoms with E-state index in [1.54, 1.807) is 0 Å². The molecule has 1 amide bonds. The molecule has 1 aromatic carbocycles. The first kappa shape index (κ1) is 12.5. The van der Waals surface area contributed by atoms with E-state index in [4.69, 9.17) is 0 Å². The van der Waals surface area contributed by atoms with Gasteiger partial charge in [-0.05, 0) is 43.0 Å². The van der Waals surface area contributed by atoms with Gasteiger partial charge in [-0.25, -0.2) is 0 Å². The molecule has 19 heavy (non-hydrogen) atoms. The molecule has 0 atom stereocenters. The summed E-state index contributed by atoms with van der Waals surface area (Å²) in [5.74, 6) is 0.0990. The lowest BCUT2D eigenvalue weighted by atomic mass is 9.69. The van der Waals surface area contributed by atoms with E-state index in [1.807, 2.05) is 12.1 Å². The van der Waals surface area contributed by atoms with Gasteiger partial charge in [0.05, 0.1) is 6.61 Å². The van der Waals surface area contributed by atoms with Crippen LogP contribution in [0.1, 0.15) is 31.2 Å². The smallest absolute Gasteiger partial charge is 0.224 e. The monoisotopic (exact) mass is 260 g/mol. The quantitative estimate of drug-likeness (QED) is 0.777. The number of amides is 1. The highest BCUT2D eigenvalue weighted by atomic mass is 16.3. The minimum Gasteiger partial charge on any atom is -0.396 e. The van der Waals surface area contributed by atoms with Crippen LogP contribution in [0.2, 0.25) is 0 Å². The van der Waals surface area contributed by atoms with Crippen LogP contribution in [0, 0.1) is 5.41 Å². The second-order valence-corrected chi connectivity index (χ2v) is 5.79. The molecule has 2 aliphatic rings. The number of hydrogen-bond donors (Lipinski definition) is 3. The van der Waals surface area contributed by atoms with Crippen LogP contribution in [-0.2, 0) is 11.2 Å². The number of aryl methyl sites for hydroxylation is 1. The van der Waals surface area contributed by atoms with Gasteiger partial charge in [0.25, 0.3) is 0 Å². The Bertz CT molecular complexity index is 489. The van der Waals surface area contributed by atoms with Crippen molar-refractivity contribution in [2.75, 3.05) is 23.8 Å². The Morgan fingerprint density at radius 1 is 1.32 bits per heavy atom. The Labute approximate surface area is 113 Å². The fourth-order valence-corrected chi connectivity index (χ4v) is 2.85. The Balaban J connectivity index is 1.67. The molecule has 3 N–H and O–H groups in total. The van der Waals surface area contributed by atoms with Crippen LogP contribution in [0.25, 0.3) is 0 Å². The lowest BCUT2D eigenvalue weighted by Gasteiger charge is -2.40. The normalized spacial score (nSPS) is 20.2. The van der Waals surface area contributed by atoms with E-state index in [1.165, 1.54) is 12.0 Å². The van der Waals surface area contributed by atoms with Gasteiger partial charge in [-0.2, -0.15) is 0 Å². The van der Waals surface area contributed by atoms with E-state index in [9.17, 15) is 9.90 Å². The van der Waals surface area contributed by atoms with E-state index < -0.39 is 0 Å². The van der Waals surface area contributed by atoms with E-state index in [-0.39, 0.29) is 17.9 Å². The Kier molecular flexibility index (Phi) is 3.19. The number of anilines is 2. The van der Waals surface area contributed by atoms with Crippen molar-refractivity contribution >= 4 is 17.3 Å². The zero-order chi connectivity index (χ0) is 13.3. The molecule has 4 nitrogen and oxygen atoms in total. The highest BCUT2D eigenvalue weighted by Gasteiger charge is 2.35. The molecule has 1 aliphatic carbocycles. The second kappa shape index (κ2) is 4.85. The van der Waals surface area contributed by atoms with Crippen molar-refractivity contribution in [2.24, 2.45) is 5.41 Å². The van der Waals surface area contributed by atoms with Crippen molar-refractivity contribution in [3.05, 3.63) is 23.8 Å². The SMILES string of the molecule is O=C1CCc2cc(NCC3(CO)CCC3)ccc2N1. The molecule has 3 rings (SSSR count). The van der Waals surface area contributed by atoms with Crippen LogP contribution in [0.5, 0.6) is 0 Å². The third-order valence-corrected chi connectivity index (χ3v) is 4.42. The zero-order valence-corrected chi connectivity index (χ0v) is 11.0. The molecule has 1 aliphatic heterocycles. The van der Waals surface area contributed by atoms with Crippen molar-refractivity contribution < 1.29 is 9.90 Å². The van der Waals surface area contributed by atoms with Crippen LogP contribution in [0.3, 0.4) is 0 Å². The van der Waals surface area contributed by atoms with E-state index in [0.29, 0.717) is 6.42 Å². The van der Waals surface area contributed by atoms with Gasteiger partial charge >= 0.3 is 0 Å². The summed E-state index contributed by atoms with van der Waals surface area (Å²) in [4.78, 5) is 11.3. The molecule has 0 bridgehead atoms. The number of rotatable bonds is 4. The summed E-state index contributed by atoms with van der Waals surface area (Å²) >= 11 is 0. The summed E-state index contributed by atoms with van der Waals surface area (Å²) in [5, 5.41) is 15.8. The van der Waals surface area contributed by atoms with Gasteiger partial charge in [0, 0.05) is 29.8 Å². The van der Waals surface area contributed by atoms with Crippen molar-refractivity contribution in [1.29, 1.82) is 0 Å². The van der Waals surface area contributed by atoms with Crippen LogP contribution in [-0.4, -0.2) is 24.2 Å². The highest BCUT2D eigenvalue weighted by molar-refractivity contribution is 5.94. The Hall–Kier alpha value is -1.55. The molecule has 1 fully saturated rings. The van der Waals surface area contributed by atoms with Gasteiger partial charge in [0.1, 0.15) is 0 Å². The summed E-state index contributed by atoms with van der Waals surface area (Å²) in [7, 11) is 0. The van der Waals surface area contributed by atoms with Crippen LogP contribution < -0.4 is 10.6 Å². The molecule has 1 heterocycles. The highest BCUT2D eigenvalue weighted by Crippen LogP contribution is 2.40. The molecular weight excluding hydrogens is 240 g/mol. The number of carbonyl (C=O) groups is 1. The summed E-state index contributed by atoms with van der Waals surface area (Å²) in [5.41, 5.74) is 3.29. The van der Waals surface area contributed by atoms with Gasteiger partial charge in [0.2, 0.25) is 5.91 Å². The van der Waals surface area contributed by atoms with Gasteiger partial charge in [-0.15, -0.1) is 0 Å². The summed E-state index contributed by atoms with van der Waals surface area (Å²) in [6, 6.07) is 6.06. The lowest BCUT2D eigenvalue weighted by molar-refractivity contribution is -0.116. The van der Waals surface area contributed by atoms with E-state index in [0.717, 1.165) is 37.2 Å². The predicted octanol–water partition coefficient (Wildman–Crippen LogP) is 2.15. The molecule has 0 radical (unpaired) electrons. The van der Waals surface area contributed by atoms with Gasteiger partial charge in [0.15, 0.2) is 0 Å². The maximum absolute atomic E-state index is 11.3. The molecule has 4 heteroatoms. The van der Waals surface area contributed by atoms with Gasteiger partial charge in [-0.1, -0.05) is 6.42 Å². The van der Waals surface area contributed by atoms with E-state index in [2.05, 4.69) is 16.7 Å². The van der Waals surface area contributed by atoms with Crippen molar-refractivity contribution in [1.82, 2.24) is 0 Å². The number of fused-ring (bicyclic) bond motifs is 1. The summed E-state index contributed by atoms with van der Waals surface area (Å²) < 4.78 is 0. The first-order valence-electron chi connectivity index (χ1n) is 6.98. The largest absolute Gasteiger partial charge is 0.396 e. The molecule has 102 valence electrons. The molecule has 0 unspecified atom stereocenters. The molecule has 0 aromatic heterocycles. The standard InChI is InChI=1S/C15H20N2O2/c18-10-15(6-1-7-15)9-16-12-3-4-13-11(8-12)2-5-14(19)17-13/h3-4,8,16,18H,1-2,5-7,9-10H2,(H,17,19). The average Bonchev–Trinajstić information content (AvgIpc) is 2.38. The Morgan fingerprint density at radius 2 is 2.16 bits per heavy atom. The topological polar surface area (TPSA) is 61.4 Å². The minimum absolute atomic E-state index is 0.0874. The molecular formula is C15H20N2O2. The van der Waals surface area contributed by atoms with Crippen LogP contribution in [0.4, 0.5) is 11.4 Å². The second-order valence-electron chi connectivity index (χ2n) is 5.79. The molecule has 0 spiro atoms. The average molecular weight is 260 g/mol. The van der Waals surface area contributed by atoms with Gasteiger partial charge < -0.3 is 15.7 Å². The number of hydrogen-bond acceptors (Lipinski definition) is 3. The van der Waals surface area contributed by atoms with Gasteiger partial charge in [-0.3, -0.25) is 4.79 Å². The third-order valence-electron chi connectivity index (χ3n) is 4.42. The first-order chi connectivity index (χ1) is 9.21. The molecule has 0 saturated heterocycles. The van der Waals surface area contributed by atoms with Crippen molar-refractivity contribution in [2.45, 2.75) is 32.1 Å². The lowest BCUT2D eigenvalue weighted by Crippen LogP contribution is -2.39. The number of carbonyl (C=O) groups excluding carboxylic acids is 1. The molecule has 1 saturated carbocycles. The predicted molar refractivity (Wildman–Crippen MR) is 75.3 cm³/mol. The fraction of sp³-hybridized carbons (Fsp3) is 0.533. The first-order valence-corrected chi connectivity index (χ1v) is 6.98. The zero-order valence-electron chi connectivity index (χ0n) is 11.0. The number of aliphatic hydroxyl groups excluding tert-OH is 1. The minimum atomic E-state index is 0.0874. The fourth-order valence-electron chi connectivity index (χ4n) is 2.85. The van der Waals surface area contributed by atoms with Crippen molar-refractivity contribution in [3.63, 3.8) is 0 Å². The maximum atomic E-state index is 11.3. The third kappa shape index (κ3) is 2.45. The summed E-state index contributed by atoms with van der Waals surface area (Å²) in [6.45, 7) is 1.09. The number of benzene rings is 1.